The SMILES string of the molecule is O=C(NNC(=O)c1cc(F)ccc1Br)c1ccccn1. The molecule has 20 heavy (non-hydrogen) atoms. The smallest absolute Gasteiger partial charge is 0.267 e. The third kappa shape index (κ3) is 3.39. The number of pyridine rings is 1. The Morgan fingerprint density at radius 1 is 1.10 bits per heavy atom. The maximum atomic E-state index is 13.1. The maximum Gasteiger partial charge on any atom is 0.288 e. The lowest BCUT2D eigenvalue weighted by Crippen LogP contribution is -2.42. The first-order chi connectivity index (χ1) is 9.58. The average Bonchev–Trinajstić information content (AvgIpc) is 2.47. The van der Waals surface area contributed by atoms with Gasteiger partial charge in [-0.1, -0.05) is 6.07 Å². The lowest BCUT2D eigenvalue weighted by Gasteiger charge is -2.08. The Labute approximate surface area is 122 Å². The molecule has 102 valence electrons. The molecule has 1 heterocycles. The van der Waals surface area contributed by atoms with E-state index in [4.69, 9.17) is 0 Å². The normalized spacial score (nSPS) is 9.90. The van der Waals surface area contributed by atoms with Crippen LogP contribution in [0.15, 0.2) is 47.1 Å². The van der Waals surface area contributed by atoms with Crippen molar-refractivity contribution < 1.29 is 14.0 Å². The molecule has 0 aliphatic heterocycles. The molecule has 0 aliphatic carbocycles. The van der Waals surface area contributed by atoms with Gasteiger partial charge in [0.25, 0.3) is 11.8 Å². The van der Waals surface area contributed by atoms with Crippen molar-refractivity contribution in [3.63, 3.8) is 0 Å². The van der Waals surface area contributed by atoms with Crippen molar-refractivity contribution in [3.8, 4) is 0 Å². The zero-order valence-electron chi connectivity index (χ0n) is 10.1. The summed E-state index contributed by atoms with van der Waals surface area (Å²) in [5, 5.41) is 0. The lowest BCUT2D eigenvalue weighted by molar-refractivity contribution is 0.0843. The minimum atomic E-state index is -0.638. The molecule has 0 saturated carbocycles. The molecular formula is C13H9BrFN3O2. The standard InChI is InChI=1S/C13H9BrFN3O2/c14-10-5-4-8(15)7-9(10)12(19)17-18-13(20)11-3-1-2-6-16-11/h1-7H,(H,17,19)(H,18,20). The van der Waals surface area contributed by atoms with Crippen molar-refractivity contribution >= 4 is 27.7 Å². The van der Waals surface area contributed by atoms with Gasteiger partial charge in [-0.15, -0.1) is 0 Å². The average molecular weight is 338 g/mol. The summed E-state index contributed by atoms with van der Waals surface area (Å²) in [4.78, 5) is 27.3. The van der Waals surface area contributed by atoms with Crippen molar-refractivity contribution in [2.45, 2.75) is 0 Å². The molecule has 2 N–H and O–H groups in total. The number of carbonyl (C=O) groups is 2. The van der Waals surface area contributed by atoms with E-state index in [2.05, 4.69) is 31.8 Å². The van der Waals surface area contributed by atoms with E-state index in [1.165, 1.54) is 24.4 Å². The molecule has 0 unspecified atom stereocenters. The summed E-state index contributed by atoms with van der Waals surface area (Å²) in [6.45, 7) is 0. The summed E-state index contributed by atoms with van der Waals surface area (Å²) in [5.41, 5.74) is 4.62. The predicted octanol–water partition coefficient (Wildman–Crippen LogP) is 2.06. The van der Waals surface area contributed by atoms with Crippen LogP contribution in [0.4, 0.5) is 4.39 Å². The van der Waals surface area contributed by atoms with Crippen LogP contribution in [0.1, 0.15) is 20.8 Å². The molecule has 2 rings (SSSR count). The fraction of sp³-hybridized carbons (Fsp3) is 0. The van der Waals surface area contributed by atoms with Crippen LogP contribution in [0.3, 0.4) is 0 Å². The molecule has 0 radical (unpaired) electrons. The number of nitrogens with zero attached hydrogens (tertiary/aromatic N) is 1. The molecule has 0 aliphatic rings. The van der Waals surface area contributed by atoms with E-state index in [0.29, 0.717) is 4.47 Å². The largest absolute Gasteiger partial charge is 0.288 e. The van der Waals surface area contributed by atoms with E-state index in [0.717, 1.165) is 6.07 Å². The molecule has 0 bridgehead atoms. The van der Waals surface area contributed by atoms with E-state index in [-0.39, 0.29) is 11.3 Å². The molecule has 0 atom stereocenters. The molecule has 0 fully saturated rings. The molecule has 2 aromatic rings. The highest BCUT2D eigenvalue weighted by atomic mass is 79.9. The van der Waals surface area contributed by atoms with Crippen LogP contribution in [0, 0.1) is 5.82 Å². The number of nitrogens with one attached hydrogen (secondary N) is 2. The second-order valence-corrected chi connectivity index (χ2v) is 4.60. The van der Waals surface area contributed by atoms with E-state index >= 15 is 0 Å². The Hall–Kier alpha value is -2.28. The van der Waals surface area contributed by atoms with Crippen molar-refractivity contribution in [2.75, 3.05) is 0 Å². The Morgan fingerprint density at radius 2 is 1.85 bits per heavy atom. The molecular weight excluding hydrogens is 329 g/mol. The van der Waals surface area contributed by atoms with Crippen molar-refractivity contribution in [3.05, 3.63) is 64.1 Å². The van der Waals surface area contributed by atoms with Gasteiger partial charge in [0.15, 0.2) is 0 Å². The summed E-state index contributed by atoms with van der Waals surface area (Å²) in [6, 6.07) is 8.50. The summed E-state index contributed by atoms with van der Waals surface area (Å²) < 4.78 is 13.5. The number of benzene rings is 1. The minimum absolute atomic E-state index is 0.0753. The van der Waals surface area contributed by atoms with Crippen LogP contribution >= 0.6 is 15.9 Å². The van der Waals surface area contributed by atoms with Gasteiger partial charge in [-0.3, -0.25) is 25.4 Å². The van der Waals surface area contributed by atoms with Crippen LogP contribution < -0.4 is 10.9 Å². The Bertz CT molecular complexity index is 649. The first-order valence-electron chi connectivity index (χ1n) is 5.54. The Kier molecular flexibility index (Phi) is 4.41. The van der Waals surface area contributed by atoms with Gasteiger partial charge < -0.3 is 0 Å². The molecule has 0 spiro atoms. The van der Waals surface area contributed by atoms with Crippen LogP contribution in [0.2, 0.25) is 0 Å². The summed E-state index contributed by atoms with van der Waals surface area (Å²) in [6.07, 6.45) is 1.46. The molecule has 1 aromatic carbocycles. The zero-order valence-corrected chi connectivity index (χ0v) is 11.6. The monoisotopic (exact) mass is 337 g/mol. The van der Waals surface area contributed by atoms with Gasteiger partial charge in [0, 0.05) is 10.7 Å². The van der Waals surface area contributed by atoms with Crippen molar-refractivity contribution in [1.82, 2.24) is 15.8 Å². The highest BCUT2D eigenvalue weighted by molar-refractivity contribution is 9.10. The highest BCUT2D eigenvalue weighted by Gasteiger charge is 2.13. The second kappa shape index (κ2) is 6.25. The second-order valence-electron chi connectivity index (χ2n) is 3.75. The topological polar surface area (TPSA) is 71.1 Å². The van der Waals surface area contributed by atoms with Crippen LogP contribution in [0.5, 0.6) is 0 Å². The zero-order chi connectivity index (χ0) is 14.5. The molecule has 5 nitrogen and oxygen atoms in total. The van der Waals surface area contributed by atoms with Crippen molar-refractivity contribution in [2.24, 2.45) is 0 Å². The third-order valence-corrected chi connectivity index (χ3v) is 3.05. The number of hydrogen-bond donors (Lipinski definition) is 2. The van der Waals surface area contributed by atoms with Crippen LogP contribution in [-0.4, -0.2) is 16.8 Å². The Morgan fingerprint density at radius 3 is 2.55 bits per heavy atom. The predicted molar refractivity (Wildman–Crippen MR) is 73.3 cm³/mol. The molecule has 0 saturated heterocycles. The van der Waals surface area contributed by atoms with E-state index in [1.807, 2.05) is 0 Å². The molecule has 1 aromatic heterocycles. The number of hydrazine groups is 1. The number of aromatic nitrogens is 1. The quantitative estimate of drug-likeness (QED) is 0.824. The van der Waals surface area contributed by atoms with Gasteiger partial charge in [-0.25, -0.2) is 4.39 Å². The summed E-state index contributed by atoms with van der Waals surface area (Å²) in [7, 11) is 0. The van der Waals surface area contributed by atoms with Crippen molar-refractivity contribution in [1.29, 1.82) is 0 Å². The molecule has 2 amide bonds. The maximum absolute atomic E-state index is 13.1. The summed E-state index contributed by atoms with van der Waals surface area (Å²) in [5.74, 6) is -1.75. The van der Waals surface area contributed by atoms with Gasteiger partial charge in [0.2, 0.25) is 0 Å². The third-order valence-electron chi connectivity index (χ3n) is 2.36. The highest BCUT2D eigenvalue weighted by Crippen LogP contribution is 2.17. The van der Waals surface area contributed by atoms with Crippen LogP contribution in [-0.2, 0) is 0 Å². The van der Waals surface area contributed by atoms with Gasteiger partial charge in [-0.05, 0) is 46.3 Å². The number of hydrogen-bond acceptors (Lipinski definition) is 3. The lowest BCUT2D eigenvalue weighted by atomic mass is 10.2. The van der Waals surface area contributed by atoms with Gasteiger partial charge in [0.05, 0.1) is 5.56 Å². The van der Waals surface area contributed by atoms with E-state index in [1.54, 1.807) is 12.1 Å². The van der Waals surface area contributed by atoms with E-state index in [9.17, 15) is 14.0 Å². The van der Waals surface area contributed by atoms with Gasteiger partial charge >= 0.3 is 0 Å². The number of carbonyl (C=O) groups excluding carboxylic acids is 2. The first kappa shape index (κ1) is 14.1. The number of halogens is 2. The summed E-state index contributed by atoms with van der Waals surface area (Å²) >= 11 is 3.13. The Balaban J connectivity index is 2.02. The van der Waals surface area contributed by atoms with Crippen LogP contribution in [0.25, 0.3) is 0 Å². The fourth-order valence-corrected chi connectivity index (χ4v) is 1.84. The fourth-order valence-electron chi connectivity index (χ4n) is 1.41. The first-order valence-corrected chi connectivity index (χ1v) is 6.34. The number of rotatable bonds is 2. The van der Waals surface area contributed by atoms with Gasteiger partial charge in [-0.2, -0.15) is 0 Å². The van der Waals surface area contributed by atoms with Gasteiger partial charge in [0.1, 0.15) is 11.5 Å². The minimum Gasteiger partial charge on any atom is -0.267 e. The molecule has 7 heteroatoms. The van der Waals surface area contributed by atoms with E-state index < -0.39 is 17.6 Å². The number of amides is 2.